The Kier molecular flexibility index (Phi) is 6.44. The number of carbonyl (C=O) groups excluding carboxylic acids is 1. The normalized spacial score (nSPS) is 15.6. The number of alkyl halides is 3. The Hall–Kier alpha value is -3.43. The predicted octanol–water partition coefficient (Wildman–Crippen LogP) is 6.39. The standard InChI is InChI=1S/C26H20ClF3N4OS/c1-2-24(35)33-13-20(19-11-23(27)36-22(19)15-33)17-8-3-4-9-18(17)21-14-34(32-25(21)26(28,29)30)12-16-7-5-6-10-31-16/h2-11,14,20H,1,12-13,15H2/t20-/m0/s1. The summed E-state index contributed by atoms with van der Waals surface area (Å²) in [5.74, 6) is -0.607. The molecule has 0 unspecified atom stereocenters. The van der Waals surface area contributed by atoms with Gasteiger partial charge in [0, 0.05) is 35.3 Å². The van der Waals surface area contributed by atoms with Crippen LogP contribution in [0.1, 0.15) is 33.3 Å². The third-order valence-corrected chi connectivity index (χ3v) is 7.38. The minimum Gasteiger partial charge on any atom is -0.333 e. The van der Waals surface area contributed by atoms with E-state index in [1.165, 1.54) is 28.3 Å². The van der Waals surface area contributed by atoms with Gasteiger partial charge in [-0.1, -0.05) is 48.5 Å². The van der Waals surface area contributed by atoms with Crippen molar-refractivity contribution in [2.45, 2.75) is 25.2 Å². The summed E-state index contributed by atoms with van der Waals surface area (Å²) in [6.07, 6.45) is -0.422. The van der Waals surface area contributed by atoms with E-state index in [2.05, 4.69) is 16.7 Å². The lowest BCUT2D eigenvalue weighted by molar-refractivity contribution is -0.141. The fourth-order valence-corrected chi connectivity index (χ4v) is 5.92. The number of nitrogens with zero attached hydrogens (tertiary/aromatic N) is 4. The molecule has 0 saturated heterocycles. The molecule has 1 amide bonds. The number of hydrogen-bond donors (Lipinski definition) is 0. The molecule has 10 heteroatoms. The molecule has 4 heterocycles. The maximum absolute atomic E-state index is 14.1. The number of fused-ring (bicyclic) bond motifs is 1. The second kappa shape index (κ2) is 9.55. The van der Waals surface area contributed by atoms with Gasteiger partial charge < -0.3 is 4.90 Å². The number of pyridine rings is 1. The van der Waals surface area contributed by atoms with Crippen LogP contribution in [-0.4, -0.2) is 32.1 Å². The highest BCUT2D eigenvalue weighted by molar-refractivity contribution is 7.16. The van der Waals surface area contributed by atoms with Gasteiger partial charge in [0.05, 0.1) is 23.1 Å². The van der Waals surface area contributed by atoms with Crippen LogP contribution in [0, 0.1) is 0 Å². The van der Waals surface area contributed by atoms with Crippen LogP contribution in [0.4, 0.5) is 13.2 Å². The first-order chi connectivity index (χ1) is 17.2. The number of halogens is 4. The number of amides is 1. The SMILES string of the molecule is C=CC(=O)N1Cc2sc(Cl)cc2[C@H](c2ccccc2-c2cn(Cc3ccccn3)nc2C(F)(F)F)C1. The third kappa shape index (κ3) is 4.68. The topological polar surface area (TPSA) is 51.0 Å². The maximum Gasteiger partial charge on any atom is 0.435 e. The zero-order chi connectivity index (χ0) is 25.4. The largest absolute Gasteiger partial charge is 0.435 e. The van der Waals surface area contributed by atoms with E-state index in [-0.39, 0.29) is 23.9 Å². The van der Waals surface area contributed by atoms with E-state index in [0.717, 1.165) is 10.4 Å². The average molecular weight is 529 g/mol. The van der Waals surface area contributed by atoms with Crippen molar-refractivity contribution < 1.29 is 18.0 Å². The van der Waals surface area contributed by atoms with Gasteiger partial charge in [-0.15, -0.1) is 11.3 Å². The second-order valence-electron chi connectivity index (χ2n) is 8.40. The van der Waals surface area contributed by atoms with E-state index in [0.29, 0.717) is 34.2 Å². The number of rotatable bonds is 5. The number of aromatic nitrogens is 3. The number of thiophene rings is 1. The lowest BCUT2D eigenvalue weighted by Crippen LogP contribution is -2.37. The van der Waals surface area contributed by atoms with Crippen molar-refractivity contribution in [2.24, 2.45) is 0 Å². The first-order valence-corrected chi connectivity index (χ1v) is 12.3. The summed E-state index contributed by atoms with van der Waals surface area (Å²) in [5.41, 5.74) is 1.59. The molecule has 0 radical (unpaired) electrons. The highest BCUT2D eigenvalue weighted by Gasteiger charge is 2.39. The molecule has 184 valence electrons. The van der Waals surface area contributed by atoms with Gasteiger partial charge in [-0.3, -0.25) is 14.5 Å². The summed E-state index contributed by atoms with van der Waals surface area (Å²) in [6, 6.07) is 14.0. The van der Waals surface area contributed by atoms with E-state index < -0.39 is 11.9 Å². The zero-order valence-corrected chi connectivity index (χ0v) is 20.4. The molecule has 1 aliphatic rings. The fraction of sp³-hybridized carbons (Fsp3) is 0.192. The summed E-state index contributed by atoms with van der Waals surface area (Å²) < 4.78 is 44.3. The Morgan fingerprint density at radius 2 is 1.94 bits per heavy atom. The van der Waals surface area contributed by atoms with Gasteiger partial charge in [0.25, 0.3) is 0 Å². The molecule has 0 fully saturated rings. The van der Waals surface area contributed by atoms with Gasteiger partial charge in [-0.25, -0.2) is 0 Å². The van der Waals surface area contributed by atoms with Gasteiger partial charge in [0.15, 0.2) is 5.69 Å². The van der Waals surface area contributed by atoms with Gasteiger partial charge in [-0.05, 0) is 41.0 Å². The average Bonchev–Trinajstić information content (AvgIpc) is 3.46. The van der Waals surface area contributed by atoms with Crippen LogP contribution < -0.4 is 0 Å². The minimum atomic E-state index is -4.66. The van der Waals surface area contributed by atoms with E-state index in [9.17, 15) is 18.0 Å². The van der Waals surface area contributed by atoms with Crippen LogP contribution in [0.25, 0.3) is 11.1 Å². The highest BCUT2D eigenvalue weighted by atomic mass is 35.5. The van der Waals surface area contributed by atoms with E-state index in [1.54, 1.807) is 53.6 Å². The quantitative estimate of drug-likeness (QED) is 0.282. The number of carbonyl (C=O) groups is 1. The second-order valence-corrected chi connectivity index (χ2v) is 10.2. The molecule has 0 N–H and O–H groups in total. The molecule has 36 heavy (non-hydrogen) atoms. The molecule has 1 aromatic carbocycles. The molecular weight excluding hydrogens is 509 g/mol. The molecule has 4 aromatic rings. The lowest BCUT2D eigenvalue weighted by Gasteiger charge is -2.33. The smallest absolute Gasteiger partial charge is 0.333 e. The molecule has 0 bridgehead atoms. The molecular formula is C26H20ClF3N4OS. The van der Waals surface area contributed by atoms with E-state index >= 15 is 0 Å². The molecule has 0 saturated carbocycles. The predicted molar refractivity (Wildman–Crippen MR) is 133 cm³/mol. The van der Waals surface area contributed by atoms with Crippen molar-refractivity contribution >= 4 is 28.8 Å². The van der Waals surface area contributed by atoms with Crippen LogP contribution in [0.15, 0.2) is 73.6 Å². The fourth-order valence-electron chi connectivity index (χ4n) is 4.56. The number of benzene rings is 1. The van der Waals surface area contributed by atoms with Gasteiger partial charge in [0.2, 0.25) is 5.91 Å². The summed E-state index contributed by atoms with van der Waals surface area (Å²) >= 11 is 7.68. The molecule has 3 aromatic heterocycles. The van der Waals surface area contributed by atoms with E-state index in [4.69, 9.17) is 11.6 Å². The molecule has 5 nitrogen and oxygen atoms in total. The van der Waals surface area contributed by atoms with Crippen LogP contribution in [0.2, 0.25) is 4.34 Å². The van der Waals surface area contributed by atoms with Gasteiger partial charge in [-0.2, -0.15) is 18.3 Å². The first-order valence-electron chi connectivity index (χ1n) is 11.1. The Morgan fingerprint density at radius 3 is 2.67 bits per heavy atom. The molecule has 5 rings (SSSR count). The first kappa shape index (κ1) is 24.3. The molecule has 0 spiro atoms. The number of hydrogen-bond acceptors (Lipinski definition) is 4. The lowest BCUT2D eigenvalue weighted by atomic mass is 9.84. The van der Waals surface area contributed by atoms with Gasteiger partial charge in [0.1, 0.15) is 0 Å². The highest BCUT2D eigenvalue weighted by Crippen LogP contribution is 2.45. The third-order valence-electron chi connectivity index (χ3n) is 6.12. The van der Waals surface area contributed by atoms with Crippen LogP contribution >= 0.6 is 22.9 Å². The summed E-state index contributed by atoms with van der Waals surface area (Å²) in [7, 11) is 0. The summed E-state index contributed by atoms with van der Waals surface area (Å²) in [4.78, 5) is 19.2. The summed E-state index contributed by atoms with van der Waals surface area (Å²) in [6.45, 7) is 4.36. The van der Waals surface area contributed by atoms with Crippen molar-refractivity contribution in [2.75, 3.05) is 6.54 Å². The Bertz CT molecular complexity index is 1430. The van der Waals surface area contributed by atoms with E-state index in [1.807, 2.05) is 6.07 Å². The van der Waals surface area contributed by atoms with Gasteiger partial charge >= 0.3 is 6.18 Å². The Morgan fingerprint density at radius 1 is 1.17 bits per heavy atom. The van der Waals surface area contributed by atoms with Crippen molar-refractivity contribution in [3.05, 3.63) is 105 Å². The Labute approximate surface area is 214 Å². The maximum atomic E-state index is 14.1. The molecule has 1 aliphatic heterocycles. The summed E-state index contributed by atoms with van der Waals surface area (Å²) in [5, 5.41) is 3.90. The Balaban J connectivity index is 1.63. The van der Waals surface area contributed by atoms with Crippen LogP contribution in [0.5, 0.6) is 0 Å². The van der Waals surface area contributed by atoms with Crippen LogP contribution in [0.3, 0.4) is 0 Å². The zero-order valence-electron chi connectivity index (χ0n) is 18.9. The van der Waals surface area contributed by atoms with Crippen molar-refractivity contribution in [1.29, 1.82) is 0 Å². The van der Waals surface area contributed by atoms with Crippen molar-refractivity contribution in [3.8, 4) is 11.1 Å². The van der Waals surface area contributed by atoms with Crippen molar-refractivity contribution in [3.63, 3.8) is 0 Å². The monoisotopic (exact) mass is 528 g/mol. The molecule has 0 aliphatic carbocycles. The van der Waals surface area contributed by atoms with Crippen LogP contribution in [-0.2, 0) is 24.1 Å². The van der Waals surface area contributed by atoms with Crippen molar-refractivity contribution in [1.82, 2.24) is 19.7 Å². The molecule has 1 atom stereocenters. The minimum absolute atomic E-state index is 0.0240.